The first-order valence-corrected chi connectivity index (χ1v) is 10.9. The Kier molecular flexibility index (Phi) is 5.75. The number of fused-ring (bicyclic) bond motifs is 2. The second-order valence-electron chi connectivity index (χ2n) is 8.28. The maximum Gasteiger partial charge on any atom is 0.261 e. The zero-order chi connectivity index (χ0) is 22.2. The average Bonchev–Trinajstić information content (AvgIpc) is 3.30. The summed E-state index contributed by atoms with van der Waals surface area (Å²) in [6.45, 7) is 4.97. The first kappa shape index (κ1) is 21.4. The summed E-state index contributed by atoms with van der Waals surface area (Å²) in [5.41, 5.74) is 1.54. The molecule has 0 spiro atoms. The molecule has 162 valence electrons. The molecule has 2 aliphatic heterocycles. The fourth-order valence-corrected chi connectivity index (χ4v) is 4.05. The van der Waals surface area contributed by atoms with Crippen LogP contribution in [0.25, 0.3) is 0 Å². The minimum absolute atomic E-state index is 0.117. The summed E-state index contributed by atoms with van der Waals surface area (Å²) in [5, 5.41) is 2.96. The summed E-state index contributed by atoms with van der Waals surface area (Å²) in [5.74, 6) is 0.699. The number of nitrogens with one attached hydrogen (secondary N) is 1. The lowest BCUT2D eigenvalue weighted by atomic mass is 9.84. The molecule has 0 bridgehead atoms. The molecular formula is C23H23BrN2O5. The third-order valence-corrected chi connectivity index (χ3v) is 6.09. The third kappa shape index (κ3) is 4.30. The van der Waals surface area contributed by atoms with Crippen LogP contribution < -0.4 is 14.8 Å². The number of hydrogen-bond donors (Lipinski definition) is 1. The summed E-state index contributed by atoms with van der Waals surface area (Å²) in [6.07, 6.45) is 0.636. The highest BCUT2D eigenvalue weighted by atomic mass is 79.9. The largest absolute Gasteiger partial charge is 0.454 e. The van der Waals surface area contributed by atoms with Crippen molar-refractivity contribution < 1.29 is 23.9 Å². The number of ether oxygens (including phenoxy) is 2. The van der Waals surface area contributed by atoms with Crippen molar-refractivity contribution in [2.45, 2.75) is 32.1 Å². The van der Waals surface area contributed by atoms with Gasteiger partial charge in [0.25, 0.3) is 11.8 Å². The van der Waals surface area contributed by atoms with Crippen molar-refractivity contribution in [2.75, 3.05) is 19.9 Å². The van der Waals surface area contributed by atoms with Gasteiger partial charge in [0.2, 0.25) is 12.7 Å². The third-order valence-electron chi connectivity index (χ3n) is 5.60. The van der Waals surface area contributed by atoms with E-state index in [1.54, 1.807) is 18.2 Å². The molecule has 31 heavy (non-hydrogen) atoms. The maximum atomic E-state index is 12.5. The molecule has 2 aliphatic rings. The Labute approximate surface area is 188 Å². The number of halogens is 1. The van der Waals surface area contributed by atoms with E-state index < -0.39 is 0 Å². The van der Waals surface area contributed by atoms with E-state index in [1.807, 2.05) is 32.0 Å². The molecule has 2 aromatic rings. The summed E-state index contributed by atoms with van der Waals surface area (Å²) in [7, 11) is 0. The highest BCUT2D eigenvalue weighted by molar-refractivity contribution is 9.10. The predicted molar refractivity (Wildman–Crippen MR) is 117 cm³/mol. The van der Waals surface area contributed by atoms with Crippen molar-refractivity contribution in [1.29, 1.82) is 0 Å². The van der Waals surface area contributed by atoms with Gasteiger partial charge in [-0.2, -0.15) is 0 Å². The quantitative estimate of drug-likeness (QED) is 0.603. The number of rotatable bonds is 7. The molecule has 0 saturated carbocycles. The molecule has 0 saturated heterocycles. The lowest BCUT2D eigenvalue weighted by Crippen LogP contribution is -2.37. The van der Waals surface area contributed by atoms with E-state index in [2.05, 4.69) is 21.2 Å². The molecule has 1 N–H and O–H groups in total. The van der Waals surface area contributed by atoms with Gasteiger partial charge in [0.05, 0.1) is 11.1 Å². The Morgan fingerprint density at radius 2 is 1.81 bits per heavy atom. The summed E-state index contributed by atoms with van der Waals surface area (Å²) in [6, 6.07) is 10.8. The molecule has 0 aliphatic carbocycles. The van der Waals surface area contributed by atoms with Crippen LogP contribution >= 0.6 is 15.9 Å². The van der Waals surface area contributed by atoms with Gasteiger partial charge in [-0.25, -0.2) is 0 Å². The zero-order valence-corrected chi connectivity index (χ0v) is 19.0. The second kappa shape index (κ2) is 8.34. The van der Waals surface area contributed by atoms with Crippen molar-refractivity contribution in [1.82, 2.24) is 10.2 Å². The van der Waals surface area contributed by atoms with Crippen LogP contribution in [-0.2, 0) is 10.2 Å². The minimum Gasteiger partial charge on any atom is -0.454 e. The van der Waals surface area contributed by atoms with E-state index in [-0.39, 0.29) is 42.9 Å². The summed E-state index contributed by atoms with van der Waals surface area (Å²) < 4.78 is 11.5. The van der Waals surface area contributed by atoms with Crippen molar-refractivity contribution >= 4 is 33.7 Å². The van der Waals surface area contributed by atoms with Crippen LogP contribution in [0.1, 0.15) is 53.0 Å². The average molecular weight is 487 g/mol. The van der Waals surface area contributed by atoms with Crippen LogP contribution in [0.2, 0.25) is 0 Å². The molecule has 0 fully saturated rings. The number of hydrogen-bond acceptors (Lipinski definition) is 5. The summed E-state index contributed by atoms with van der Waals surface area (Å²) >= 11 is 3.32. The molecular weight excluding hydrogens is 464 g/mol. The number of benzene rings is 2. The van der Waals surface area contributed by atoms with E-state index in [4.69, 9.17) is 9.47 Å². The van der Waals surface area contributed by atoms with Crippen LogP contribution in [0.3, 0.4) is 0 Å². The minimum atomic E-state index is -0.314. The van der Waals surface area contributed by atoms with Gasteiger partial charge in [0.1, 0.15) is 0 Å². The van der Waals surface area contributed by atoms with Crippen molar-refractivity contribution in [3.8, 4) is 11.5 Å². The van der Waals surface area contributed by atoms with Gasteiger partial charge in [-0.3, -0.25) is 19.3 Å². The van der Waals surface area contributed by atoms with Gasteiger partial charge in [-0.15, -0.1) is 0 Å². The monoisotopic (exact) mass is 486 g/mol. The van der Waals surface area contributed by atoms with E-state index in [1.165, 1.54) is 4.90 Å². The Hall–Kier alpha value is -2.87. The van der Waals surface area contributed by atoms with E-state index in [0.717, 1.165) is 15.8 Å². The van der Waals surface area contributed by atoms with Crippen LogP contribution in [0.15, 0.2) is 40.9 Å². The topological polar surface area (TPSA) is 84.9 Å². The lowest BCUT2D eigenvalue weighted by molar-refractivity contribution is -0.121. The molecule has 0 radical (unpaired) electrons. The normalized spacial score (nSPS) is 14.7. The fourth-order valence-electron chi connectivity index (χ4n) is 3.69. The predicted octanol–water partition coefficient (Wildman–Crippen LogP) is 3.65. The lowest BCUT2D eigenvalue weighted by Gasteiger charge is -2.26. The Bertz CT molecular complexity index is 1070. The molecule has 3 amide bonds. The number of carbonyl (C=O) groups excluding carboxylic acids is 3. The Morgan fingerprint density at radius 3 is 2.61 bits per heavy atom. The Morgan fingerprint density at radius 1 is 1.06 bits per heavy atom. The molecule has 0 atom stereocenters. The molecule has 2 heterocycles. The van der Waals surface area contributed by atoms with Gasteiger partial charge in [-0.05, 0) is 42.3 Å². The smallest absolute Gasteiger partial charge is 0.261 e. The van der Waals surface area contributed by atoms with Gasteiger partial charge in [0.15, 0.2) is 11.5 Å². The van der Waals surface area contributed by atoms with Gasteiger partial charge in [-0.1, -0.05) is 35.8 Å². The number of imide groups is 1. The molecule has 8 heteroatoms. The molecule has 7 nitrogen and oxygen atoms in total. The highest BCUT2D eigenvalue weighted by Gasteiger charge is 2.35. The molecule has 2 aromatic carbocycles. The van der Waals surface area contributed by atoms with Gasteiger partial charge in [0, 0.05) is 29.4 Å². The van der Waals surface area contributed by atoms with Gasteiger partial charge >= 0.3 is 0 Å². The maximum absolute atomic E-state index is 12.5. The highest BCUT2D eigenvalue weighted by Crippen LogP contribution is 2.36. The zero-order valence-electron chi connectivity index (χ0n) is 17.4. The van der Waals surface area contributed by atoms with Crippen molar-refractivity contribution in [3.63, 3.8) is 0 Å². The van der Waals surface area contributed by atoms with E-state index >= 15 is 0 Å². The number of nitrogens with zero attached hydrogens (tertiary/aromatic N) is 1. The SMILES string of the molecule is CC(C)(CNC(=O)CCCN1C(=O)c2ccc(Br)cc2C1=O)c1ccc2c(c1)OCO2. The first-order chi connectivity index (χ1) is 14.8. The molecule has 4 rings (SSSR count). The standard InChI is InChI=1S/C23H23BrN2O5/c1-23(2,14-5-8-18-19(10-14)31-13-30-18)12-25-20(27)4-3-9-26-21(28)16-7-6-15(24)11-17(16)22(26)29/h5-8,10-11H,3-4,9,12-13H2,1-2H3,(H,25,27). The second-order valence-corrected chi connectivity index (χ2v) is 9.20. The number of carbonyl (C=O) groups is 3. The van der Waals surface area contributed by atoms with E-state index in [9.17, 15) is 14.4 Å². The fraction of sp³-hybridized carbons (Fsp3) is 0.348. The van der Waals surface area contributed by atoms with Crippen LogP contribution in [0, 0.1) is 0 Å². The number of amides is 3. The summed E-state index contributed by atoms with van der Waals surface area (Å²) in [4.78, 5) is 38.5. The van der Waals surface area contributed by atoms with Crippen LogP contribution in [0.5, 0.6) is 11.5 Å². The van der Waals surface area contributed by atoms with Gasteiger partial charge < -0.3 is 14.8 Å². The van der Waals surface area contributed by atoms with Crippen LogP contribution in [-0.4, -0.2) is 42.5 Å². The van der Waals surface area contributed by atoms with Crippen LogP contribution in [0.4, 0.5) is 0 Å². The molecule has 0 aromatic heterocycles. The van der Waals surface area contributed by atoms with E-state index in [0.29, 0.717) is 29.8 Å². The van der Waals surface area contributed by atoms with Crippen molar-refractivity contribution in [2.24, 2.45) is 0 Å². The molecule has 0 unspecified atom stereocenters. The van der Waals surface area contributed by atoms with Crippen molar-refractivity contribution in [3.05, 3.63) is 57.6 Å². The first-order valence-electron chi connectivity index (χ1n) is 10.1. The Balaban J connectivity index is 1.27.